The van der Waals surface area contributed by atoms with E-state index in [4.69, 9.17) is 17.3 Å². The van der Waals surface area contributed by atoms with E-state index in [1.807, 2.05) is 13.8 Å². The SMILES string of the molecule is COC(=O)c1nc(Cl)c(C(C)C)nc1N. The van der Waals surface area contributed by atoms with E-state index in [-0.39, 0.29) is 22.6 Å². The molecule has 0 fully saturated rings. The molecule has 15 heavy (non-hydrogen) atoms. The van der Waals surface area contributed by atoms with Crippen molar-refractivity contribution >= 4 is 23.4 Å². The molecule has 0 spiro atoms. The van der Waals surface area contributed by atoms with Crippen molar-refractivity contribution in [2.45, 2.75) is 19.8 Å². The van der Waals surface area contributed by atoms with Gasteiger partial charge in [0, 0.05) is 0 Å². The standard InChI is InChI=1S/C9H12ClN3O2/c1-4(2)5-7(10)12-6(8(11)13-5)9(14)15-3/h4H,1-3H3,(H2,11,13). The van der Waals surface area contributed by atoms with Crippen LogP contribution >= 0.6 is 11.6 Å². The van der Waals surface area contributed by atoms with Crippen molar-refractivity contribution in [3.63, 3.8) is 0 Å². The molecule has 0 aliphatic heterocycles. The van der Waals surface area contributed by atoms with Gasteiger partial charge in [0.05, 0.1) is 12.8 Å². The number of ether oxygens (including phenoxy) is 1. The molecule has 1 aromatic rings. The molecule has 1 aromatic heterocycles. The van der Waals surface area contributed by atoms with Crippen molar-refractivity contribution in [3.05, 3.63) is 16.5 Å². The fraction of sp³-hybridized carbons (Fsp3) is 0.444. The highest BCUT2D eigenvalue weighted by Gasteiger charge is 2.18. The summed E-state index contributed by atoms with van der Waals surface area (Å²) in [5.74, 6) is -0.508. The Hall–Kier alpha value is -1.36. The minimum Gasteiger partial charge on any atom is -0.464 e. The van der Waals surface area contributed by atoms with Crippen molar-refractivity contribution in [3.8, 4) is 0 Å². The first-order valence-corrected chi connectivity index (χ1v) is 4.76. The van der Waals surface area contributed by atoms with Crippen LogP contribution in [0, 0.1) is 0 Å². The van der Waals surface area contributed by atoms with Crippen molar-refractivity contribution < 1.29 is 9.53 Å². The molecule has 0 unspecified atom stereocenters. The maximum atomic E-state index is 11.2. The molecule has 0 saturated carbocycles. The van der Waals surface area contributed by atoms with Crippen molar-refractivity contribution in [2.75, 3.05) is 12.8 Å². The van der Waals surface area contributed by atoms with Crippen LogP contribution in [0.15, 0.2) is 0 Å². The van der Waals surface area contributed by atoms with E-state index in [9.17, 15) is 4.79 Å². The van der Waals surface area contributed by atoms with Crippen molar-refractivity contribution in [2.24, 2.45) is 0 Å². The molecular weight excluding hydrogens is 218 g/mol. The molecule has 1 heterocycles. The van der Waals surface area contributed by atoms with E-state index in [2.05, 4.69) is 14.7 Å². The molecule has 1 rings (SSSR count). The van der Waals surface area contributed by atoms with Crippen LogP contribution in [0.1, 0.15) is 35.9 Å². The number of nitrogens with zero attached hydrogens (tertiary/aromatic N) is 2. The molecule has 0 aliphatic rings. The third-order valence-corrected chi connectivity index (χ3v) is 2.11. The largest absolute Gasteiger partial charge is 0.464 e. The van der Waals surface area contributed by atoms with Crippen LogP contribution in [0.3, 0.4) is 0 Å². The average molecular weight is 230 g/mol. The van der Waals surface area contributed by atoms with Gasteiger partial charge in [-0.2, -0.15) is 0 Å². The van der Waals surface area contributed by atoms with Gasteiger partial charge >= 0.3 is 5.97 Å². The topological polar surface area (TPSA) is 78.1 Å². The molecule has 82 valence electrons. The van der Waals surface area contributed by atoms with Crippen LogP contribution in [0.5, 0.6) is 0 Å². The van der Waals surface area contributed by atoms with Gasteiger partial charge in [-0.1, -0.05) is 25.4 Å². The van der Waals surface area contributed by atoms with Crippen LogP contribution in [0.2, 0.25) is 5.15 Å². The zero-order valence-electron chi connectivity index (χ0n) is 8.74. The predicted octanol–water partition coefficient (Wildman–Crippen LogP) is 1.62. The monoisotopic (exact) mass is 229 g/mol. The Kier molecular flexibility index (Phi) is 3.47. The number of halogens is 1. The second kappa shape index (κ2) is 4.44. The molecule has 0 aliphatic carbocycles. The van der Waals surface area contributed by atoms with E-state index in [1.165, 1.54) is 7.11 Å². The number of rotatable bonds is 2. The molecular formula is C9H12ClN3O2. The van der Waals surface area contributed by atoms with E-state index in [1.54, 1.807) is 0 Å². The Bertz CT molecular complexity index is 393. The van der Waals surface area contributed by atoms with Gasteiger partial charge in [-0.05, 0) is 5.92 Å². The van der Waals surface area contributed by atoms with Gasteiger partial charge in [-0.15, -0.1) is 0 Å². The number of esters is 1. The lowest BCUT2D eigenvalue weighted by atomic mass is 10.1. The first-order valence-electron chi connectivity index (χ1n) is 4.38. The number of nitrogens with two attached hydrogens (primary N) is 1. The zero-order chi connectivity index (χ0) is 11.6. The van der Waals surface area contributed by atoms with Gasteiger partial charge in [-0.25, -0.2) is 14.8 Å². The molecule has 2 N–H and O–H groups in total. The highest BCUT2D eigenvalue weighted by atomic mass is 35.5. The second-order valence-corrected chi connectivity index (χ2v) is 3.64. The third-order valence-electron chi connectivity index (χ3n) is 1.83. The van der Waals surface area contributed by atoms with Crippen molar-refractivity contribution in [1.29, 1.82) is 0 Å². The van der Waals surface area contributed by atoms with E-state index >= 15 is 0 Å². The lowest BCUT2D eigenvalue weighted by Crippen LogP contribution is -2.12. The molecule has 0 saturated heterocycles. The summed E-state index contributed by atoms with van der Waals surface area (Å²) >= 11 is 5.86. The number of nitrogen functional groups attached to an aromatic ring is 1. The average Bonchev–Trinajstić information content (AvgIpc) is 2.19. The molecule has 0 aromatic carbocycles. The summed E-state index contributed by atoms with van der Waals surface area (Å²) in [5.41, 5.74) is 6.09. The second-order valence-electron chi connectivity index (χ2n) is 3.28. The maximum Gasteiger partial charge on any atom is 0.360 e. The zero-order valence-corrected chi connectivity index (χ0v) is 9.50. The Morgan fingerprint density at radius 2 is 2.07 bits per heavy atom. The highest BCUT2D eigenvalue weighted by molar-refractivity contribution is 6.30. The van der Waals surface area contributed by atoms with Gasteiger partial charge < -0.3 is 10.5 Å². The number of carbonyl (C=O) groups excluding carboxylic acids is 1. The number of aromatic nitrogens is 2. The summed E-state index contributed by atoms with van der Waals surface area (Å²) in [7, 11) is 1.24. The third kappa shape index (κ3) is 2.36. The normalized spacial score (nSPS) is 10.5. The first-order chi connectivity index (χ1) is 6.97. The van der Waals surface area contributed by atoms with Crippen LogP contribution < -0.4 is 5.73 Å². The van der Waals surface area contributed by atoms with Crippen LogP contribution in [0.25, 0.3) is 0 Å². The summed E-state index contributed by atoms with van der Waals surface area (Å²) in [6.45, 7) is 3.82. The number of carbonyl (C=O) groups is 1. The lowest BCUT2D eigenvalue weighted by molar-refractivity contribution is 0.0595. The number of hydrogen-bond acceptors (Lipinski definition) is 5. The first kappa shape index (κ1) is 11.7. The van der Waals surface area contributed by atoms with Crippen molar-refractivity contribution in [1.82, 2.24) is 9.97 Å². The summed E-state index contributed by atoms with van der Waals surface area (Å²) in [5, 5.41) is 0.180. The smallest absolute Gasteiger partial charge is 0.360 e. The maximum absolute atomic E-state index is 11.2. The van der Waals surface area contributed by atoms with Crippen LogP contribution in [-0.4, -0.2) is 23.0 Å². The number of methoxy groups -OCH3 is 1. The fourth-order valence-electron chi connectivity index (χ4n) is 1.06. The molecule has 0 radical (unpaired) electrons. The lowest BCUT2D eigenvalue weighted by Gasteiger charge is -2.09. The Labute approximate surface area is 92.6 Å². The van der Waals surface area contributed by atoms with E-state index < -0.39 is 5.97 Å². The Balaban J connectivity index is 3.25. The van der Waals surface area contributed by atoms with Crippen LogP contribution in [-0.2, 0) is 4.74 Å². The molecule has 6 heteroatoms. The summed E-state index contributed by atoms with van der Waals surface area (Å²) in [6.07, 6.45) is 0. The minimum atomic E-state index is -0.641. The fourth-order valence-corrected chi connectivity index (χ4v) is 1.40. The minimum absolute atomic E-state index is 0.0370. The quantitative estimate of drug-likeness (QED) is 0.780. The van der Waals surface area contributed by atoms with Gasteiger partial charge in [0.2, 0.25) is 0 Å². The van der Waals surface area contributed by atoms with Gasteiger partial charge in [0.15, 0.2) is 16.7 Å². The highest BCUT2D eigenvalue weighted by Crippen LogP contribution is 2.22. The molecule has 0 amide bonds. The van der Waals surface area contributed by atoms with E-state index in [0.29, 0.717) is 5.69 Å². The summed E-state index contributed by atoms with van der Waals surface area (Å²) in [6, 6.07) is 0. The Morgan fingerprint density at radius 1 is 1.47 bits per heavy atom. The number of hydrogen-bond donors (Lipinski definition) is 1. The molecule has 0 bridgehead atoms. The van der Waals surface area contributed by atoms with Gasteiger partial charge in [0.25, 0.3) is 0 Å². The van der Waals surface area contributed by atoms with Gasteiger partial charge in [-0.3, -0.25) is 0 Å². The predicted molar refractivity (Wildman–Crippen MR) is 56.9 cm³/mol. The summed E-state index contributed by atoms with van der Waals surface area (Å²) in [4.78, 5) is 19.1. The molecule has 5 nitrogen and oxygen atoms in total. The van der Waals surface area contributed by atoms with Gasteiger partial charge in [0.1, 0.15) is 0 Å². The number of anilines is 1. The van der Waals surface area contributed by atoms with E-state index in [0.717, 1.165) is 0 Å². The van der Waals surface area contributed by atoms with Crippen LogP contribution in [0.4, 0.5) is 5.82 Å². The summed E-state index contributed by atoms with van der Waals surface area (Å²) < 4.78 is 4.49. The molecule has 0 atom stereocenters. The Morgan fingerprint density at radius 3 is 2.53 bits per heavy atom.